The van der Waals surface area contributed by atoms with Gasteiger partial charge in [0.1, 0.15) is 0 Å². The number of nitrogens with zero attached hydrogens (tertiary/aromatic N) is 2. The highest BCUT2D eigenvalue weighted by Gasteiger charge is 2.24. The molecule has 0 spiro atoms. The summed E-state index contributed by atoms with van der Waals surface area (Å²) >= 11 is 0. The maximum atomic E-state index is 12.4. The number of urea groups is 1. The van der Waals surface area contributed by atoms with Crippen LogP contribution in [0.1, 0.15) is 29.3 Å². The minimum Gasteiger partial charge on any atom is -0.338 e. The lowest BCUT2D eigenvalue weighted by Crippen LogP contribution is -2.53. The van der Waals surface area contributed by atoms with Crippen LogP contribution >= 0.6 is 0 Å². The standard InChI is InChI=1S/C16H23N3O2/c1-3-8-17-16(21)19-11-9-18(10-12-19)15(20)14-6-4-13(2)5-7-14/h4-7H,3,8-12H2,1-2H3,(H,17,21). The highest BCUT2D eigenvalue weighted by molar-refractivity contribution is 5.94. The van der Waals surface area contributed by atoms with E-state index in [1.54, 1.807) is 4.90 Å². The van der Waals surface area contributed by atoms with E-state index in [0.717, 1.165) is 12.0 Å². The third kappa shape index (κ3) is 3.97. The molecule has 1 fully saturated rings. The smallest absolute Gasteiger partial charge is 0.317 e. The molecule has 0 atom stereocenters. The molecule has 0 aliphatic carbocycles. The van der Waals surface area contributed by atoms with E-state index in [-0.39, 0.29) is 11.9 Å². The molecule has 21 heavy (non-hydrogen) atoms. The Balaban J connectivity index is 1.87. The minimum atomic E-state index is -0.0284. The molecule has 0 unspecified atom stereocenters. The fourth-order valence-electron chi connectivity index (χ4n) is 2.34. The first-order valence-electron chi connectivity index (χ1n) is 7.50. The Bertz CT molecular complexity index is 491. The van der Waals surface area contributed by atoms with Crippen molar-refractivity contribution in [3.05, 3.63) is 35.4 Å². The number of benzene rings is 1. The average Bonchev–Trinajstić information content (AvgIpc) is 2.53. The number of hydrogen-bond acceptors (Lipinski definition) is 2. The van der Waals surface area contributed by atoms with Crippen LogP contribution in [0.3, 0.4) is 0 Å². The van der Waals surface area contributed by atoms with E-state index in [4.69, 9.17) is 0 Å². The Kier molecular flexibility index (Phi) is 5.20. The average molecular weight is 289 g/mol. The second kappa shape index (κ2) is 7.11. The molecule has 114 valence electrons. The summed E-state index contributed by atoms with van der Waals surface area (Å²) in [6.45, 7) is 7.08. The van der Waals surface area contributed by atoms with E-state index in [9.17, 15) is 9.59 Å². The first-order chi connectivity index (χ1) is 10.1. The van der Waals surface area contributed by atoms with Gasteiger partial charge in [0.05, 0.1) is 0 Å². The summed E-state index contributed by atoms with van der Waals surface area (Å²) in [6, 6.07) is 7.58. The maximum absolute atomic E-state index is 12.4. The second-order valence-electron chi connectivity index (χ2n) is 5.38. The molecular formula is C16H23N3O2. The summed E-state index contributed by atoms with van der Waals surface area (Å²) in [5, 5.41) is 2.87. The molecule has 1 aliphatic heterocycles. The van der Waals surface area contributed by atoms with Gasteiger partial charge in [-0.25, -0.2) is 4.79 Å². The van der Waals surface area contributed by atoms with Crippen LogP contribution in [0, 0.1) is 6.92 Å². The van der Waals surface area contributed by atoms with Gasteiger partial charge in [-0.05, 0) is 25.5 Å². The maximum Gasteiger partial charge on any atom is 0.317 e. The van der Waals surface area contributed by atoms with Crippen LogP contribution in [0.4, 0.5) is 4.79 Å². The molecule has 1 aromatic carbocycles. The van der Waals surface area contributed by atoms with Crippen LogP contribution in [-0.4, -0.2) is 54.5 Å². The third-order valence-electron chi connectivity index (χ3n) is 3.68. The lowest BCUT2D eigenvalue weighted by Gasteiger charge is -2.34. The summed E-state index contributed by atoms with van der Waals surface area (Å²) < 4.78 is 0. The van der Waals surface area contributed by atoms with Crippen molar-refractivity contribution in [3.8, 4) is 0 Å². The van der Waals surface area contributed by atoms with Gasteiger partial charge in [-0.15, -0.1) is 0 Å². The molecule has 1 N–H and O–H groups in total. The second-order valence-corrected chi connectivity index (χ2v) is 5.38. The zero-order valence-electron chi connectivity index (χ0n) is 12.8. The fourth-order valence-corrected chi connectivity index (χ4v) is 2.34. The topological polar surface area (TPSA) is 52.7 Å². The summed E-state index contributed by atoms with van der Waals surface area (Å²) in [6.07, 6.45) is 0.928. The van der Waals surface area contributed by atoms with Crippen LogP contribution in [0.5, 0.6) is 0 Å². The largest absolute Gasteiger partial charge is 0.338 e. The minimum absolute atomic E-state index is 0.0284. The molecule has 3 amide bonds. The van der Waals surface area contributed by atoms with Crippen molar-refractivity contribution >= 4 is 11.9 Å². The van der Waals surface area contributed by atoms with Crippen LogP contribution in [0.25, 0.3) is 0 Å². The normalized spacial score (nSPS) is 15.0. The number of carbonyl (C=O) groups is 2. The quantitative estimate of drug-likeness (QED) is 0.923. The van der Waals surface area contributed by atoms with Crippen LogP contribution in [-0.2, 0) is 0 Å². The molecule has 2 rings (SSSR count). The van der Waals surface area contributed by atoms with Crippen LogP contribution in [0.2, 0.25) is 0 Å². The lowest BCUT2D eigenvalue weighted by molar-refractivity contribution is 0.0665. The highest BCUT2D eigenvalue weighted by Crippen LogP contribution is 2.10. The first kappa shape index (κ1) is 15.4. The van der Waals surface area contributed by atoms with Gasteiger partial charge >= 0.3 is 6.03 Å². The Morgan fingerprint density at radius 3 is 2.19 bits per heavy atom. The van der Waals surface area contributed by atoms with Gasteiger partial charge in [0.25, 0.3) is 5.91 Å². The number of hydrogen-bond donors (Lipinski definition) is 1. The molecule has 1 heterocycles. The van der Waals surface area contributed by atoms with Crippen molar-refractivity contribution in [3.63, 3.8) is 0 Å². The van der Waals surface area contributed by atoms with E-state index in [0.29, 0.717) is 38.3 Å². The Labute approximate surface area is 125 Å². The number of rotatable bonds is 3. The molecule has 5 nitrogen and oxygen atoms in total. The van der Waals surface area contributed by atoms with Crippen molar-refractivity contribution in [1.82, 2.24) is 15.1 Å². The van der Waals surface area contributed by atoms with Gasteiger partial charge in [-0.3, -0.25) is 4.79 Å². The van der Waals surface area contributed by atoms with E-state index in [1.165, 1.54) is 0 Å². The summed E-state index contributed by atoms with van der Waals surface area (Å²) in [4.78, 5) is 27.8. The van der Waals surface area contributed by atoms with Crippen molar-refractivity contribution in [2.75, 3.05) is 32.7 Å². The summed E-state index contributed by atoms with van der Waals surface area (Å²) in [7, 11) is 0. The molecule has 0 aromatic heterocycles. The monoisotopic (exact) mass is 289 g/mol. The van der Waals surface area contributed by atoms with Crippen LogP contribution < -0.4 is 5.32 Å². The Hall–Kier alpha value is -2.04. The van der Waals surface area contributed by atoms with E-state index in [1.807, 2.05) is 43.0 Å². The molecule has 0 radical (unpaired) electrons. The molecule has 5 heteroatoms. The zero-order valence-corrected chi connectivity index (χ0v) is 12.8. The number of nitrogens with one attached hydrogen (secondary N) is 1. The number of aryl methyl sites for hydroxylation is 1. The van der Waals surface area contributed by atoms with Gasteiger partial charge in [-0.2, -0.15) is 0 Å². The predicted molar refractivity (Wildman–Crippen MR) is 82.3 cm³/mol. The van der Waals surface area contributed by atoms with Crippen LogP contribution in [0.15, 0.2) is 24.3 Å². The first-order valence-corrected chi connectivity index (χ1v) is 7.50. The fraction of sp³-hybridized carbons (Fsp3) is 0.500. The number of carbonyl (C=O) groups excluding carboxylic acids is 2. The lowest BCUT2D eigenvalue weighted by atomic mass is 10.1. The van der Waals surface area contributed by atoms with Crippen molar-refractivity contribution in [1.29, 1.82) is 0 Å². The third-order valence-corrected chi connectivity index (χ3v) is 3.68. The van der Waals surface area contributed by atoms with Crippen molar-refractivity contribution < 1.29 is 9.59 Å². The number of piperazine rings is 1. The molecule has 1 saturated heterocycles. The van der Waals surface area contributed by atoms with E-state index >= 15 is 0 Å². The van der Waals surface area contributed by atoms with Gasteiger partial charge < -0.3 is 15.1 Å². The Morgan fingerprint density at radius 1 is 1.05 bits per heavy atom. The zero-order chi connectivity index (χ0) is 15.2. The van der Waals surface area contributed by atoms with Crippen molar-refractivity contribution in [2.45, 2.75) is 20.3 Å². The molecule has 1 aliphatic rings. The van der Waals surface area contributed by atoms with Gasteiger partial charge in [0, 0.05) is 38.3 Å². The predicted octanol–water partition coefficient (Wildman–Crippen LogP) is 1.87. The molecule has 0 bridgehead atoms. The van der Waals surface area contributed by atoms with Gasteiger partial charge in [0.15, 0.2) is 0 Å². The molecule has 1 aromatic rings. The van der Waals surface area contributed by atoms with Gasteiger partial charge in [-0.1, -0.05) is 24.6 Å². The van der Waals surface area contributed by atoms with Crippen molar-refractivity contribution in [2.24, 2.45) is 0 Å². The van der Waals surface area contributed by atoms with E-state index in [2.05, 4.69) is 5.32 Å². The Morgan fingerprint density at radius 2 is 1.62 bits per heavy atom. The number of amides is 3. The highest BCUT2D eigenvalue weighted by atomic mass is 16.2. The summed E-state index contributed by atoms with van der Waals surface area (Å²) in [5.41, 5.74) is 1.86. The van der Waals surface area contributed by atoms with Gasteiger partial charge in [0.2, 0.25) is 0 Å². The SMILES string of the molecule is CCCNC(=O)N1CCN(C(=O)c2ccc(C)cc2)CC1. The molecule has 0 saturated carbocycles. The molecular weight excluding hydrogens is 266 g/mol. The van der Waals surface area contributed by atoms with E-state index < -0.39 is 0 Å². The summed E-state index contributed by atoms with van der Waals surface area (Å²) in [5.74, 6) is 0.0450.